The van der Waals surface area contributed by atoms with Gasteiger partial charge in [0.25, 0.3) is 0 Å². The Morgan fingerprint density at radius 1 is 1.15 bits per heavy atom. The topological polar surface area (TPSA) is 69.9 Å². The summed E-state index contributed by atoms with van der Waals surface area (Å²) in [6.45, 7) is 5.09. The maximum absolute atomic E-state index is 11.9. The summed E-state index contributed by atoms with van der Waals surface area (Å²) >= 11 is 0. The van der Waals surface area contributed by atoms with Gasteiger partial charge < -0.3 is 9.30 Å². The SMILES string of the molecule is CCCCS(=O)(=O)O/N=C1\COc2c1ccc1c2c2ccccc2n1CC. The molecule has 0 saturated carbocycles. The van der Waals surface area contributed by atoms with Gasteiger partial charge in [-0.2, -0.15) is 8.42 Å². The van der Waals surface area contributed by atoms with Crippen LogP contribution in [-0.4, -0.2) is 31.1 Å². The Bertz CT molecular complexity index is 1150. The minimum Gasteiger partial charge on any atom is -0.486 e. The van der Waals surface area contributed by atoms with Crippen LogP contribution in [0.25, 0.3) is 21.8 Å². The molecule has 2 heterocycles. The molecule has 0 fully saturated rings. The van der Waals surface area contributed by atoms with Crippen molar-refractivity contribution in [2.24, 2.45) is 5.16 Å². The molecule has 0 aliphatic carbocycles. The van der Waals surface area contributed by atoms with Gasteiger partial charge in [-0.15, -0.1) is 0 Å². The van der Waals surface area contributed by atoms with Gasteiger partial charge >= 0.3 is 10.1 Å². The van der Waals surface area contributed by atoms with E-state index < -0.39 is 10.1 Å². The first kappa shape index (κ1) is 17.9. The van der Waals surface area contributed by atoms with Gasteiger partial charge in [0.1, 0.15) is 18.1 Å². The molecule has 142 valence electrons. The van der Waals surface area contributed by atoms with Crippen molar-refractivity contribution in [3.8, 4) is 5.75 Å². The molecule has 4 rings (SSSR count). The molecule has 1 aliphatic heterocycles. The highest BCUT2D eigenvalue weighted by Gasteiger charge is 2.26. The first-order chi connectivity index (χ1) is 13.1. The van der Waals surface area contributed by atoms with Crippen molar-refractivity contribution >= 4 is 37.6 Å². The van der Waals surface area contributed by atoms with Crippen molar-refractivity contribution in [3.63, 3.8) is 0 Å². The molecule has 1 aliphatic rings. The minimum absolute atomic E-state index is 0.0307. The number of ether oxygens (including phenoxy) is 1. The van der Waals surface area contributed by atoms with Crippen molar-refractivity contribution in [1.82, 2.24) is 4.57 Å². The summed E-state index contributed by atoms with van der Waals surface area (Å²) in [5, 5.41) is 6.05. The molecule has 6 nitrogen and oxygen atoms in total. The lowest BCUT2D eigenvalue weighted by molar-refractivity contribution is 0.332. The fourth-order valence-corrected chi connectivity index (χ4v) is 4.50. The number of aryl methyl sites for hydroxylation is 1. The normalized spacial score (nSPS) is 15.4. The highest BCUT2D eigenvalue weighted by atomic mass is 32.2. The first-order valence-corrected chi connectivity index (χ1v) is 10.8. The molecule has 3 aromatic rings. The molecule has 7 heteroatoms. The zero-order valence-electron chi connectivity index (χ0n) is 15.4. The van der Waals surface area contributed by atoms with E-state index in [-0.39, 0.29) is 12.4 Å². The van der Waals surface area contributed by atoms with Crippen molar-refractivity contribution < 1.29 is 17.4 Å². The molecular weight excluding hydrogens is 364 g/mol. The summed E-state index contributed by atoms with van der Waals surface area (Å²) in [7, 11) is -3.66. The standard InChI is InChI=1S/C20H22N2O4S/c1-3-5-12-27(23,24)26-21-16-13-25-20-14(16)10-11-18-19(20)15-8-6-7-9-17(15)22(18)4-2/h6-11H,3-5,12-13H2,1-2H3/b21-16+. The maximum atomic E-state index is 11.9. The second kappa shape index (κ2) is 6.88. The van der Waals surface area contributed by atoms with E-state index in [1.807, 2.05) is 31.2 Å². The summed E-state index contributed by atoms with van der Waals surface area (Å²) < 4.78 is 36.9. The van der Waals surface area contributed by atoms with E-state index in [4.69, 9.17) is 9.02 Å². The van der Waals surface area contributed by atoms with E-state index in [0.29, 0.717) is 12.1 Å². The maximum Gasteiger partial charge on any atom is 0.328 e. The molecule has 0 saturated heterocycles. The van der Waals surface area contributed by atoms with E-state index in [1.54, 1.807) is 0 Å². The lowest BCUT2D eigenvalue weighted by Gasteiger charge is -2.04. The lowest BCUT2D eigenvalue weighted by atomic mass is 10.1. The van der Waals surface area contributed by atoms with Gasteiger partial charge in [-0.25, -0.2) is 0 Å². The monoisotopic (exact) mass is 386 g/mol. The molecule has 1 aromatic heterocycles. The number of nitrogens with zero attached hydrogens (tertiary/aromatic N) is 2. The van der Waals surface area contributed by atoms with Gasteiger partial charge in [0.15, 0.2) is 0 Å². The first-order valence-electron chi connectivity index (χ1n) is 9.21. The molecule has 0 bridgehead atoms. The van der Waals surface area contributed by atoms with Gasteiger partial charge in [-0.3, -0.25) is 4.28 Å². The highest BCUT2D eigenvalue weighted by Crippen LogP contribution is 2.40. The minimum atomic E-state index is -3.66. The molecular formula is C20H22N2O4S. The smallest absolute Gasteiger partial charge is 0.328 e. The number of fused-ring (bicyclic) bond motifs is 5. The van der Waals surface area contributed by atoms with Crippen LogP contribution in [0, 0.1) is 0 Å². The van der Waals surface area contributed by atoms with Crippen LogP contribution in [0.5, 0.6) is 5.75 Å². The molecule has 0 unspecified atom stereocenters. The number of oxime groups is 1. The number of hydrogen-bond acceptors (Lipinski definition) is 5. The predicted molar refractivity (Wildman–Crippen MR) is 107 cm³/mol. The molecule has 0 atom stereocenters. The molecule has 0 N–H and O–H groups in total. The van der Waals surface area contributed by atoms with Crippen LogP contribution in [0.2, 0.25) is 0 Å². The molecule has 27 heavy (non-hydrogen) atoms. The molecule has 0 amide bonds. The van der Waals surface area contributed by atoms with Crippen LogP contribution in [0.15, 0.2) is 41.6 Å². The zero-order chi connectivity index (χ0) is 19.0. The Kier molecular flexibility index (Phi) is 4.55. The van der Waals surface area contributed by atoms with Gasteiger partial charge in [-0.05, 0) is 31.5 Å². The predicted octanol–water partition coefficient (Wildman–Crippen LogP) is 4.06. The second-order valence-corrected chi connectivity index (χ2v) is 8.29. The Morgan fingerprint density at radius 3 is 2.74 bits per heavy atom. The number of para-hydroxylation sites is 1. The van der Waals surface area contributed by atoms with E-state index in [2.05, 4.69) is 28.8 Å². The summed E-state index contributed by atoms with van der Waals surface area (Å²) in [5.74, 6) is 0.709. The number of unbranched alkanes of at least 4 members (excludes halogenated alkanes) is 1. The van der Waals surface area contributed by atoms with Crippen LogP contribution in [0.1, 0.15) is 32.3 Å². The lowest BCUT2D eigenvalue weighted by Crippen LogP contribution is -2.10. The largest absolute Gasteiger partial charge is 0.486 e. The van der Waals surface area contributed by atoms with Crippen molar-refractivity contribution in [1.29, 1.82) is 0 Å². The average molecular weight is 386 g/mol. The Balaban J connectivity index is 1.79. The van der Waals surface area contributed by atoms with Crippen LogP contribution in [0.3, 0.4) is 0 Å². The summed E-state index contributed by atoms with van der Waals surface area (Å²) in [6, 6.07) is 12.2. The second-order valence-electron chi connectivity index (χ2n) is 6.61. The number of rotatable bonds is 6. The summed E-state index contributed by atoms with van der Waals surface area (Å²) in [5.41, 5.74) is 3.53. The molecule has 0 radical (unpaired) electrons. The van der Waals surface area contributed by atoms with Crippen LogP contribution in [0.4, 0.5) is 0 Å². The third kappa shape index (κ3) is 3.06. The van der Waals surface area contributed by atoms with Crippen molar-refractivity contribution in [3.05, 3.63) is 42.0 Å². The van der Waals surface area contributed by atoms with E-state index >= 15 is 0 Å². The fourth-order valence-electron chi connectivity index (χ4n) is 3.58. The molecule has 2 aromatic carbocycles. The zero-order valence-corrected chi connectivity index (χ0v) is 16.3. The van der Waals surface area contributed by atoms with Gasteiger partial charge in [0, 0.05) is 23.0 Å². The Morgan fingerprint density at radius 2 is 1.96 bits per heavy atom. The Labute approximate surface area is 158 Å². The fraction of sp³-hybridized carbons (Fsp3) is 0.350. The number of benzene rings is 2. The third-order valence-corrected chi connectivity index (χ3v) is 5.97. The molecule has 0 spiro atoms. The van der Waals surface area contributed by atoms with E-state index in [9.17, 15) is 8.42 Å². The Hall–Kier alpha value is -2.54. The highest BCUT2D eigenvalue weighted by molar-refractivity contribution is 7.86. The van der Waals surface area contributed by atoms with Crippen molar-refractivity contribution in [2.75, 3.05) is 12.4 Å². The van der Waals surface area contributed by atoms with Crippen LogP contribution >= 0.6 is 0 Å². The van der Waals surface area contributed by atoms with E-state index in [0.717, 1.165) is 46.1 Å². The van der Waals surface area contributed by atoms with Crippen LogP contribution in [-0.2, 0) is 20.9 Å². The van der Waals surface area contributed by atoms with Gasteiger partial charge in [0.2, 0.25) is 0 Å². The van der Waals surface area contributed by atoms with Crippen LogP contribution < -0.4 is 4.74 Å². The van der Waals surface area contributed by atoms with Gasteiger partial charge in [-0.1, -0.05) is 36.7 Å². The quantitative estimate of drug-likeness (QED) is 0.599. The van der Waals surface area contributed by atoms with E-state index in [1.165, 1.54) is 0 Å². The number of hydrogen-bond donors (Lipinski definition) is 0. The van der Waals surface area contributed by atoms with Gasteiger partial charge in [0.05, 0.1) is 16.7 Å². The summed E-state index contributed by atoms with van der Waals surface area (Å²) in [4.78, 5) is 0. The average Bonchev–Trinajstić information content (AvgIpc) is 3.23. The third-order valence-electron chi connectivity index (χ3n) is 4.88. The summed E-state index contributed by atoms with van der Waals surface area (Å²) in [6.07, 6.45) is 1.34. The number of aromatic nitrogens is 1. The van der Waals surface area contributed by atoms with Crippen molar-refractivity contribution in [2.45, 2.75) is 33.2 Å².